The Balaban J connectivity index is 1.73. The molecule has 8 heteroatoms. The number of carbonyl (C=O) groups excluding carboxylic acids is 1. The van der Waals surface area contributed by atoms with Crippen LogP contribution in [0.3, 0.4) is 0 Å². The number of rotatable bonds is 4. The topological polar surface area (TPSA) is 65.5 Å². The number of hydrogen-bond donors (Lipinski definition) is 0. The van der Waals surface area contributed by atoms with Crippen molar-refractivity contribution in [3.05, 3.63) is 28.5 Å². The molecule has 0 radical (unpaired) electrons. The lowest BCUT2D eigenvalue weighted by molar-refractivity contribution is -0.129. The third-order valence-corrected chi connectivity index (χ3v) is 4.80. The Morgan fingerprint density at radius 2 is 2.17 bits per heavy atom. The maximum Gasteiger partial charge on any atom is 0.241 e. The summed E-state index contributed by atoms with van der Waals surface area (Å²) < 4.78 is 0. The van der Waals surface area contributed by atoms with Gasteiger partial charge in [-0.1, -0.05) is 0 Å². The van der Waals surface area contributed by atoms with Crippen molar-refractivity contribution in [2.75, 3.05) is 43.5 Å². The van der Waals surface area contributed by atoms with E-state index in [2.05, 4.69) is 15.0 Å². The Hall–Kier alpha value is -2.22. The molecule has 122 valence electrons. The number of anilines is 2. The van der Waals surface area contributed by atoms with Gasteiger partial charge in [0, 0.05) is 44.3 Å². The molecule has 0 aliphatic carbocycles. The predicted octanol–water partition coefficient (Wildman–Crippen LogP) is 1.16. The summed E-state index contributed by atoms with van der Waals surface area (Å²) in [5, 5.41) is 3.10. The van der Waals surface area contributed by atoms with Gasteiger partial charge in [0.2, 0.25) is 5.91 Å². The maximum absolute atomic E-state index is 11.9. The summed E-state index contributed by atoms with van der Waals surface area (Å²) in [6.45, 7) is 4.56. The second-order valence-corrected chi connectivity index (χ2v) is 6.65. The number of hydrogen-bond acceptors (Lipinski definition) is 7. The van der Waals surface area contributed by atoms with Crippen LogP contribution in [0, 0.1) is 6.92 Å². The highest BCUT2D eigenvalue weighted by atomic mass is 32.1. The molecule has 2 aromatic heterocycles. The molecule has 1 aliphatic heterocycles. The van der Waals surface area contributed by atoms with E-state index in [4.69, 9.17) is 0 Å². The molecule has 2 aromatic rings. The number of thiazole rings is 1. The molecule has 1 aliphatic rings. The number of aryl methyl sites for hydroxylation is 1. The van der Waals surface area contributed by atoms with Crippen LogP contribution in [0.2, 0.25) is 0 Å². The van der Waals surface area contributed by atoms with Crippen LogP contribution in [0.5, 0.6) is 0 Å². The number of aromatic nitrogens is 3. The average molecular weight is 332 g/mol. The lowest BCUT2D eigenvalue weighted by Gasteiger charge is -2.33. The van der Waals surface area contributed by atoms with E-state index in [1.165, 1.54) is 0 Å². The highest BCUT2D eigenvalue weighted by Gasteiger charge is 2.22. The van der Waals surface area contributed by atoms with Crippen LogP contribution < -0.4 is 9.80 Å². The van der Waals surface area contributed by atoms with Crippen LogP contribution in [-0.2, 0) is 11.3 Å². The minimum Gasteiger partial charge on any atom is -0.353 e. The van der Waals surface area contributed by atoms with Crippen molar-refractivity contribution < 1.29 is 4.79 Å². The van der Waals surface area contributed by atoms with Gasteiger partial charge in [-0.15, -0.1) is 11.3 Å². The first kappa shape index (κ1) is 15.7. The van der Waals surface area contributed by atoms with E-state index in [0.29, 0.717) is 19.6 Å². The normalized spacial score (nSPS) is 15.2. The van der Waals surface area contributed by atoms with Crippen LogP contribution in [0.1, 0.15) is 10.7 Å². The second kappa shape index (κ2) is 6.49. The van der Waals surface area contributed by atoms with Crippen molar-refractivity contribution in [1.82, 2.24) is 19.9 Å². The van der Waals surface area contributed by atoms with Gasteiger partial charge in [-0.25, -0.2) is 15.0 Å². The Morgan fingerprint density at radius 3 is 2.87 bits per heavy atom. The lowest BCUT2D eigenvalue weighted by atomic mass is 10.3. The van der Waals surface area contributed by atoms with Gasteiger partial charge in [-0.3, -0.25) is 4.79 Å². The SMILES string of the molecule is Cc1csc(CN(C)c2cc(N3CCN(C)C(=O)C3)ncn2)n1. The van der Waals surface area contributed by atoms with Gasteiger partial charge >= 0.3 is 0 Å². The molecular weight excluding hydrogens is 312 g/mol. The summed E-state index contributed by atoms with van der Waals surface area (Å²) in [5.74, 6) is 1.73. The van der Waals surface area contributed by atoms with Crippen molar-refractivity contribution in [2.24, 2.45) is 0 Å². The van der Waals surface area contributed by atoms with Gasteiger partial charge in [0.25, 0.3) is 0 Å². The quantitative estimate of drug-likeness (QED) is 0.837. The standard InChI is InChI=1S/C15H20N6OS/c1-11-9-23-14(18-11)7-20(3)12-6-13(17-10-16-12)21-5-4-19(2)15(22)8-21/h6,9-10H,4-5,7-8H2,1-3H3. The number of nitrogens with zero attached hydrogens (tertiary/aromatic N) is 6. The zero-order valence-corrected chi connectivity index (χ0v) is 14.4. The first-order valence-electron chi connectivity index (χ1n) is 7.46. The van der Waals surface area contributed by atoms with E-state index in [9.17, 15) is 4.79 Å². The molecule has 1 amide bonds. The minimum absolute atomic E-state index is 0.114. The van der Waals surface area contributed by atoms with E-state index in [-0.39, 0.29) is 5.91 Å². The lowest BCUT2D eigenvalue weighted by Crippen LogP contribution is -2.48. The summed E-state index contributed by atoms with van der Waals surface area (Å²) in [6, 6.07) is 1.93. The van der Waals surface area contributed by atoms with Gasteiger partial charge in [0.15, 0.2) is 0 Å². The largest absolute Gasteiger partial charge is 0.353 e. The Morgan fingerprint density at radius 1 is 1.35 bits per heavy atom. The van der Waals surface area contributed by atoms with Gasteiger partial charge in [-0.05, 0) is 6.92 Å². The molecule has 0 bridgehead atoms. The van der Waals surface area contributed by atoms with E-state index >= 15 is 0 Å². The molecule has 23 heavy (non-hydrogen) atoms. The van der Waals surface area contributed by atoms with E-state index < -0.39 is 0 Å². The Bertz CT molecular complexity index is 703. The van der Waals surface area contributed by atoms with Crippen LogP contribution in [-0.4, -0.2) is 59.5 Å². The average Bonchev–Trinajstić information content (AvgIpc) is 2.95. The van der Waals surface area contributed by atoms with Crippen LogP contribution >= 0.6 is 11.3 Å². The van der Waals surface area contributed by atoms with E-state index in [0.717, 1.165) is 28.9 Å². The smallest absolute Gasteiger partial charge is 0.241 e. The first-order chi connectivity index (χ1) is 11.0. The monoisotopic (exact) mass is 332 g/mol. The summed E-state index contributed by atoms with van der Waals surface area (Å²) in [4.78, 5) is 30.8. The van der Waals surface area contributed by atoms with Gasteiger partial charge in [-0.2, -0.15) is 0 Å². The van der Waals surface area contributed by atoms with E-state index in [1.54, 1.807) is 22.6 Å². The molecule has 3 rings (SSSR count). The Labute approximate surface area is 139 Å². The maximum atomic E-state index is 11.9. The number of likely N-dealkylation sites (N-methyl/N-ethyl adjacent to an activating group) is 1. The van der Waals surface area contributed by atoms with Crippen LogP contribution in [0.15, 0.2) is 17.8 Å². The minimum atomic E-state index is 0.114. The van der Waals surface area contributed by atoms with Gasteiger partial charge in [0.1, 0.15) is 23.0 Å². The molecule has 7 nitrogen and oxygen atoms in total. The van der Waals surface area contributed by atoms with E-state index in [1.807, 2.05) is 42.3 Å². The number of piperazine rings is 1. The zero-order valence-electron chi connectivity index (χ0n) is 13.6. The molecule has 0 unspecified atom stereocenters. The fourth-order valence-corrected chi connectivity index (χ4v) is 3.26. The number of amides is 1. The molecule has 0 atom stereocenters. The molecule has 1 saturated heterocycles. The molecule has 1 fully saturated rings. The summed E-state index contributed by atoms with van der Waals surface area (Å²) >= 11 is 1.65. The van der Waals surface area contributed by atoms with Crippen LogP contribution in [0.25, 0.3) is 0 Å². The molecule has 3 heterocycles. The molecule has 0 aromatic carbocycles. The van der Waals surface area contributed by atoms with Crippen molar-refractivity contribution in [1.29, 1.82) is 0 Å². The fraction of sp³-hybridized carbons (Fsp3) is 0.467. The summed E-state index contributed by atoms with van der Waals surface area (Å²) in [6.07, 6.45) is 1.55. The van der Waals surface area contributed by atoms with Gasteiger partial charge in [0.05, 0.1) is 13.1 Å². The van der Waals surface area contributed by atoms with Crippen molar-refractivity contribution >= 4 is 28.9 Å². The van der Waals surface area contributed by atoms with Gasteiger partial charge < -0.3 is 14.7 Å². The van der Waals surface area contributed by atoms with Crippen LogP contribution in [0.4, 0.5) is 11.6 Å². The third kappa shape index (κ3) is 3.58. The highest BCUT2D eigenvalue weighted by molar-refractivity contribution is 7.09. The summed E-state index contributed by atoms with van der Waals surface area (Å²) in [5.41, 5.74) is 1.04. The van der Waals surface area contributed by atoms with Crippen molar-refractivity contribution in [3.63, 3.8) is 0 Å². The molecule has 0 saturated carbocycles. The fourth-order valence-electron chi connectivity index (χ4n) is 2.43. The third-order valence-electron chi connectivity index (χ3n) is 3.85. The molecule has 0 N–H and O–H groups in total. The number of carbonyl (C=O) groups is 1. The molecule has 0 spiro atoms. The predicted molar refractivity (Wildman–Crippen MR) is 90.8 cm³/mol. The van der Waals surface area contributed by atoms with Crippen molar-refractivity contribution in [2.45, 2.75) is 13.5 Å². The first-order valence-corrected chi connectivity index (χ1v) is 8.34. The zero-order chi connectivity index (χ0) is 16.4. The molecular formula is C15H20N6OS. The Kier molecular flexibility index (Phi) is 4.42. The van der Waals surface area contributed by atoms with Crippen molar-refractivity contribution in [3.8, 4) is 0 Å². The second-order valence-electron chi connectivity index (χ2n) is 5.71. The highest BCUT2D eigenvalue weighted by Crippen LogP contribution is 2.20. The summed E-state index contributed by atoms with van der Waals surface area (Å²) in [7, 11) is 3.81.